The molecule has 3 unspecified atom stereocenters. The molecule has 0 aromatic carbocycles. The first-order valence-corrected chi connectivity index (χ1v) is 15.4. The van der Waals surface area contributed by atoms with E-state index in [0.29, 0.717) is 6.42 Å². The number of unbranched alkanes of at least 4 members (excludes halogenated alkanes) is 13. The standard InChI is InChI=1S/C31H57NO6/c1-5-9-10-11-12-13-14-15-16-17-18-19-20-21-22-23-24-25-32(26(6-2)29(33)34,27(7-3)30(35)36)28(8-4)31(37)38/h9-10,26-28H,5-8,11-25H2,1-4H3,(H2-,33,34,35,36,37,38)/p+1/b10-9+. The molecule has 0 rings (SSSR count). The molecule has 0 aromatic heterocycles. The molecule has 7 nitrogen and oxygen atoms in total. The van der Waals surface area contributed by atoms with Gasteiger partial charge in [0.25, 0.3) is 0 Å². The van der Waals surface area contributed by atoms with Gasteiger partial charge in [-0.15, -0.1) is 0 Å². The summed E-state index contributed by atoms with van der Waals surface area (Å²) in [7, 11) is 0. The molecule has 0 spiro atoms. The second-order valence-electron chi connectivity index (χ2n) is 10.8. The number of carbonyl (C=O) groups is 3. The molecule has 0 radical (unpaired) electrons. The minimum atomic E-state index is -1.11. The summed E-state index contributed by atoms with van der Waals surface area (Å²) in [4.78, 5) is 36.7. The lowest BCUT2D eigenvalue weighted by molar-refractivity contribution is -0.973. The van der Waals surface area contributed by atoms with Crippen LogP contribution in [0.5, 0.6) is 0 Å². The lowest BCUT2D eigenvalue weighted by Crippen LogP contribution is -2.72. The number of hydrogen-bond donors (Lipinski definition) is 3. The number of aliphatic carboxylic acids is 3. The van der Waals surface area contributed by atoms with E-state index in [1.165, 1.54) is 64.2 Å². The number of nitrogens with zero attached hydrogens (tertiary/aromatic N) is 1. The van der Waals surface area contributed by atoms with Gasteiger partial charge in [0.15, 0.2) is 18.1 Å². The SMILES string of the molecule is CC/C=C/CCCCCCCCCCCCCCC[N+](C(CC)C(=O)O)(C(CC)C(=O)O)C(CC)C(=O)O. The molecule has 0 aromatic rings. The van der Waals surface area contributed by atoms with Gasteiger partial charge in [0.2, 0.25) is 0 Å². The van der Waals surface area contributed by atoms with E-state index >= 15 is 0 Å². The maximum atomic E-state index is 12.2. The van der Waals surface area contributed by atoms with Crippen molar-refractivity contribution < 1.29 is 34.2 Å². The molecule has 0 aliphatic rings. The highest BCUT2D eigenvalue weighted by Crippen LogP contribution is 2.32. The first-order chi connectivity index (χ1) is 18.2. The normalized spacial score (nSPS) is 15.7. The van der Waals surface area contributed by atoms with E-state index < -0.39 is 40.5 Å². The highest BCUT2D eigenvalue weighted by molar-refractivity contribution is 5.78. The predicted molar refractivity (Wildman–Crippen MR) is 154 cm³/mol. The smallest absolute Gasteiger partial charge is 0.362 e. The van der Waals surface area contributed by atoms with Crippen LogP contribution in [-0.4, -0.2) is 62.4 Å². The molecular formula is C31H58NO6+. The van der Waals surface area contributed by atoms with Crippen LogP contribution < -0.4 is 0 Å². The van der Waals surface area contributed by atoms with Crippen LogP contribution in [0.1, 0.15) is 143 Å². The Morgan fingerprint density at radius 2 is 0.842 bits per heavy atom. The van der Waals surface area contributed by atoms with Gasteiger partial charge >= 0.3 is 17.9 Å². The van der Waals surface area contributed by atoms with Crippen molar-refractivity contribution in [3.63, 3.8) is 0 Å². The van der Waals surface area contributed by atoms with E-state index in [4.69, 9.17) is 0 Å². The minimum absolute atomic E-state index is 0.194. The third kappa shape index (κ3) is 12.8. The summed E-state index contributed by atoms with van der Waals surface area (Å²) < 4.78 is -0.404. The Morgan fingerprint density at radius 1 is 0.526 bits per heavy atom. The van der Waals surface area contributed by atoms with Crippen LogP contribution in [0, 0.1) is 0 Å². The number of quaternary nitrogens is 1. The molecule has 0 heterocycles. The summed E-state index contributed by atoms with van der Waals surface area (Å²) >= 11 is 0. The third-order valence-corrected chi connectivity index (χ3v) is 8.07. The van der Waals surface area contributed by atoms with Crippen LogP contribution in [0.25, 0.3) is 0 Å². The Bertz CT molecular complexity index is 622. The maximum Gasteiger partial charge on any atom is 0.362 e. The van der Waals surface area contributed by atoms with Crippen molar-refractivity contribution in [2.75, 3.05) is 6.54 Å². The summed E-state index contributed by atoms with van der Waals surface area (Å²) in [5.41, 5.74) is 0. The van der Waals surface area contributed by atoms with Crippen molar-refractivity contribution in [2.24, 2.45) is 0 Å². The molecule has 3 N–H and O–H groups in total. The van der Waals surface area contributed by atoms with Gasteiger partial charge in [0, 0.05) is 19.3 Å². The molecule has 222 valence electrons. The van der Waals surface area contributed by atoms with Gasteiger partial charge in [-0.3, -0.25) is 4.48 Å². The quantitative estimate of drug-likeness (QED) is 0.0586. The van der Waals surface area contributed by atoms with Crippen LogP contribution in [0.15, 0.2) is 12.2 Å². The zero-order chi connectivity index (χ0) is 28.8. The molecule has 3 atom stereocenters. The van der Waals surface area contributed by atoms with Crippen molar-refractivity contribution in [3.05, 3.63) is 12.2 Å². The molecule has 0 fully saturated rings. The van der Waals surface area contributed by atoms with Gasteiger partial charge in [-0.1, -0.05) is 104 Å². The highest BCUT2D eigenvalue weighted by atomic mass is 16.4. The van der Waals surface area contributed by atoms with Gasteiger partial charge in [-0.25, -0.2) is 14.4 Å². The Morgan fingerprint density at radius 3 is 1.13 bits per heavy atom. The van der Waals surface area contributed by atoms with Crippen LogP contribution in [0.3, 0.4) is 0 Å². The van der Waals surface area contributed by atoms with E-state index in [1.54, 1.807) is 20.8 Å². The van der Waals surface area contributed by atoms with E-state index in [2.05, 4.69) is 19.1 Å². The average Bonchev–Trinajstić information content (AvgIpc) is 2.86. The number of hydrogen-bond acceptors (Lipinski definition) is 3. The predicted octanol–water partition coefficient (Wildman–Crippen LogP) is 7.82. The first-order valence-electron chi connectivity index (χ1n) is 15.4. The summed E-state index contributed by atoms with van der Waals surface area (Å²) in [6.07, 6.45) is 22.6. The maximum absolute atomic E-state index is 12.2. The van der Waals surface area contributed by atoms with Crippen molar-refractivity contribution >= 4 is 17.9 Å². The topological polar surface area (TPSA) is 112 Å². The van der Waals surface area contributed by atoms with E-state index in [1.807, 2.05) is 0 Å². The van der Waals surface area contributed by atoms with E-state index in [-0.39, 0.29) is 25.8 Å². The molecule has 0 aliphatic carbocycles. The third-order valence-electron chi connectivity index (χ3n) is 8.07. The lowest BCUT2D eigenvalue weighted by Gasteiger charge is -2.49. The molecule has 38 heavy (non-hydrogen) atoms. The summed E-state index contributed by atoms with van der Waals surface area (Å²) in [5, 5.41) is 30.0. The number of carboxylic acids is 3. The average molecular weight is 541 g/mol. The monoisotopic (exact) mass is 540 g/mol. The van der Waals surface area contributed by atoms with E-state index in [9.17, 15) is 29.7 Å². The van der Waals surface area contributed by atoms with Gasteiger partial charge in [0.1, 0.15) is 0 Å². The first kappa shape index (κ1) is 36.1. The van der Waals surface area contributed by atoms with Gasteiger partial charge in [-0.2, -0.15) is 0 Å². The highest BCUT2D eigenvalue weighted by Gasteiger charge is 2.55. The zero-order valence-electron chi connectivity index (χ0n) is 24.8. The fraction of sp³-hybridized carbons (Fsp3) is 0.839. The molecule has 7 heteroatoms. The second-order valence-corrected chi connectivity index (χ2v) is 10.8. The lowest BCUT2D eigenvalue weighted by atomic mass is 9.93. The zero-order valence-corrected chi connectivity index (χ0v) is 24.8. The second kappa shape index (κ2) is 22.0. The number of rotatable bonds is 26. The fourth-order valence-corrected chi connectivity index (χ4v) is 6.16. The van der Waals surface area contributed by atoms with Gasteiger partial charge in [0.05, 0.1) is 6.54 Å². The van der Waals surface area contributed by atoms with Crippen LogP contribution in [0.2, 0.25) is 0 Å². The molecule has 0 saturated heterocycles. The summed E-state index contributed by atoms with van der Waals surface area (Å²) in [6.45, 7) is 7.56. The van der Waals surface area contributed by atoms with E-state index in [0.717, 1.165) is 25.7 Å². The van der Waals surface area contributed by atoms with Gasteiger partial charge < -0.3 is 15.3 Å². The Labute approximate surface area is 232 Å². The molecule has 0 aliphatic heterocycles. The Kier molecular flexibility index (Phi) is 20.9. The molecule has 0 amide bonds. The van der Waals surface area contributed by atoms with Crippen LogP contribution in [0.4, 0.5) is 0 Å². The van der Waals surface area contributed by atoms with Crippen LogP contribution >= 0.6 is 0 Å². The number of allylic oxidation sites excluding steroid dienone is 2. The largest absolute Gasteiger partial charge is 0.477 e. The minimum Gasteiger partial charge on any atom is -0.477 e. The summed E-state index contributed by atoms with van der Waals surface area (Å²) in [6, 6.07) is -3.18. The molecular weight excluding hydrogens is 482 g/mol. The van der Waals surface area contributed by atoms with Crippen molar-refractivity contribution in [1.82, 2.24) is 0 Å². The van der Waals surface area contributed by atoms with Gasteiger partial charge in [-0.05, 0) is 32.1 Å². The van der Waals surface area contributed by atoms with Crippen LogP contribution in [-0.2, 0) is 14.4 Å². The molecule has 0 saturated carbocycles. The Hall–Kier alpha value is -1.89. The fourth-order valence-electron chi connectivity index (χ4n) is 6.16. The number of carboxylic acid groups (broad SMARTS) is 3. The molecule has 0 bridgehead atoms. The Balaban J connectivity index is 4.63. The van der Waals surface area contributed by atoms with Crippen molar-refractivity contribution in [2.45, 2.75) is 161 Å². The van der Waals surface area contributed by atoms with Crippen molar-refractivity contribution in [1.29, 1.82) is 0 Å². The summed E-state index contributed by atoms with van der Waals surface area (Å²) in [5.74, 6) is -3.34. The van der Waals surface area contributed by atoms with Crippen molar-refractivity contribution in [3.8, 4) is 0 Å².